The minimum Gasteiger partial charge on any atom is -0.471 e. The number of nitrogens with zero attached hydrogens (tertiary/aromatic N) is 3. The maximum Gasteiger partial charge on any atom is 0.233 e. The van der Waals surface area contributed by atoms with Crippen molar-refractivity contribution in [3.8, 4) is 5.88 Å². The largest absolute Gasteiger partial charge is 0.471 e. The van der Waals surface area contributed by atoms with Crippen molar-refractivity contribution in [1.82, 2.24) is 15.1 Å². The summed E-state index contributed by atoms with van der Waals surface area (Å²) in [5.74, 6) is 0.709. The summed E-state index contributed by atoms with van der Waals surface area (Å²) in [4.78, 5) is 14.1. The van der Waals surface area contributed by atoms with Crippen molar-refractivity contribution >= 4 is 5.91 Å². The van der Waals surface area contributed by atoms with Gasteiger partial charge in [0, 0.05) is 31.6 Å². The van der Waals surface area contributed by atoms with E-state index in [9.17, 15) is 4.79 Å². The Morgan fingerprint density at radius 2 is 2.09 bits per heavy atom. The second-order valence-electron chi connectivity index (χ2n) is 5.42. The molecular formula is C17H19N3O2. The Morgan fingerprint density at radius 3 is 2.86 bits per heavy atom. The topological polar surface area (TPSA) is 55.3 Å². The minimum absolute atomic E-state index is 0.0115. The maximum absolute atomic E-state index is 12.3. The molecule has 5 heteroatoms. The molecule has 1 aromatic heterocycles. The highest BCUT2D eigenvalue weighted by Crippen LogP contribution is 2.17. The number of likely N-dealkylation sites (tertiary alicyclic amines) is 1. The highest BCUT2D eigenvalue weighted by Gasteiger charge is 2.27. The SMILES string of the molecule is O=C(CCc1ccccc1)N1CCC(Oc2cccnn2)C1. The maximum atomic E-state index is 12.3. The van der Waals surface area contributed by atoms with Crippen LogP contribution in [0.25, 0.3) is 0 Å². The van der Waals surface area contributed by atoms with Gasteiger partial charge in [0.2, 0.25) is 11.8 Å². The molecule has 3 rings (SSSR count). The summed E-state index contributed by atoms with van der Waals surface area (Å²) >= 11 is 0. The zero-order valence-corrected chi connectivity index (χ0v) is 12.4. The van der Waals surface area contributed by atoms with Crippen molar-refractivity contribution in [1.29, 1.82) is 0 Å². The molecule has 1 fully saturated rings. The lowest BCUT2D eigenvalue weighted by Crippen LogP contribution is -2.31. The van der Waals surface area contributed by atoms with Crippen molar-refractivity contribution in [2.24, 2.45) is 0 Å². The average molecular weight is 297 g/mol. The lowest BCUT2D eigenvalue weighted by atomic mass is 10.1. The molecule has 5 nitrogen and oxygen atoms in total. The van der Waals surface area contributed by atoms with Crippen LogP contribution in [0.5, 0.6) is 5.88 Å². The Hall–Kier alpha value is -2.43. The fraction of sp³-hybridized carbons (Fsp3) is 0.353. The summed E-state index contributed by atoms with van der Waals surface area (Å²) in [5, 5.41) is 7.70. The third-order valence-electron chi connectivity index (χ3n) is 3.80. The lowest BCUT2D eigenvalue weighted by Gasteiger charge is -2.16. The van der Waals surface area contributed by atoms with Crippen molar-refractivity contribution in [3.63, 3.8) is 0 Å². The summed E-state index contributed by atoms with van der Waals surface area (Å²) in [7, 11) is 0. The first-order chi connectivity index (χ1) is 10.8. The van der Waals surface area contributed by atoms with Crippen LogP contribution in [-0.4, -0.2) is 40.2 Å². The van der Waals surface area contributed by atoms with E-state index in [0.29, 0.717) is 18.8 Å². The van der Waals surface area contributed by atoms with Crippen LogP contribution in [-0.2, 0) is 11.2 Å². The summed E-state index contributed by atoms with van der Waals surface area (Å²) in [6.45, 7) is 1.38. The third kappa shape index (κ3) is 3.81. The molecule has 0 aliphatic carbocycles. The average Bonchev–Trinajstić information content (AvgIpc) is 3.03. The number of ether oxygens (including phenoxy) is 1. The van der Waals surface area contributed by atoms with Crippen molar-refractivity contribution < 1.29 is 9.53 Å². The number of carbonyl (C=O) groups is 1. The van der Waals surface area contributed by atoms with E-state index < -0.39 is 0 Å². The van der Waals surface area contributed by atoms with Gasteiger partial charge in [-0.15, -0.1) is 5.10 Å². The van der Waals surface area contributed by atoms with Crippen LogP contribution >= 0.6 is 0 Å². The Labute approximate surface area is 129 Å². The normalized spacial score (nSPS) is 17.5. The van der Waals surface area contributed by atoms with Gasteiger partial charge < -0.3 is 9.64 Å². The van der Waals surface area contributed by atoms with Crippen molar-refractivity contribution in [2.45, 2.75) is 25.4 Å². The first-order valence-corrected chi connectivity index (χ1v) is 7.57. The van der Waals surface area contributed by atoms with Gasteiger partial charge in [0.05, 0.1) is 6.54 Å². The van der Waals surface area contributed by atoms with E-state index in [1.165, 1.54) is 5.56 Å². The molecule has 0 bridgehead atoms. The van der Waals surface area contributed by atoms with Crippen LogP contribution in [0.2, 0.25) is 0 Å². The number of benzene rings is 1. The Bertz CT molecular complexity index is 604. The molecule has 22 heavy (non-hydrogen) atoms. The van der Waals surface area contributed by atoms with Crippen LogP contribution in [0.15, 0.2) is 48.7 Å². The zero-order valence-electron chi connectivity index (χ0n) is 12.4. The van der Waals surface area contributed by atoms with E-state index in [4.69, 9.17) is 4.74 Å². The fourth-order valence-corrected chi connectivity index (χ4v) is 2.63. The van der Waals surface area contributed by atoms with E-state index in [-0.39, 0.29) is 12.0 Å². The molecule has 1 unspecified atom stereocenters. The lowest BCUT2D eigenvalue weighted by molar-refractivity contribution is -0.130. The predicted molar refractivity (Wildman–Crippen MR) is 82.4 cm³/mol. The Kier molecular flexibility index (Phi) is 4.63. The zero-order chi connectivity index (χ0) is 15.2. The molecule has 0 spiro atoms. The van der Waals surface area contributed by atoms with Gasteiger partial charge in [-0.05, 0) is 18.1 Å². The van der Waals surface area contributed by atoms with Gasteiger partial charge in [-0.25, -0.2) is 0 Å². The van der Waals surface area contributed by atoms with Gasteiger partial charge in [0.25, 0.3) is 0 Å². The van der Waals surface area contributed by atoms with Crippen LogP contribution in [0, 0.1) is 0 Å². The molecule has 0 saturated carbocycles. The van der Waals surface area contributed by atoms with Crippen LogP contribution < -0.4 is 4.74 Å². The molecule has 0 radical (unpaired) electrons. The molecule has 114 valence electrons. The summed E-state index contributed by atoms with van der Waals surface area (Å²) in [6, 6.07) is 13.7. The van der Waals surface area contributed by atoms with Crippen LogP contribution in [0.1, 0.15) is 18.4 Å². The molecule has 2 heterocycles. The van der Waals surface area contributed by atoms with Gasteiger partial charge in [-0.1, -0.05) is 30.3 Å². The van der Waals surface area contributed by atoms with E-state index in [2.05, 4.69) is 22.3 Å². The van der Waals surface area contributed by atoms with Gasteiger partial charge in [0.15, 0.2) is 0 Å². The molecular weight excluding hydrogens is 278 g/mol. The summed E-state index contributed by atoms with van der Waals surface area (Å²) in [6.07, 6.45) is 3.79. The second kappa shape index (κ2) is 7.02. The quantitative estimate of drug-likeness (QED) is 0.848. The smallest absolute Gasteiger partial charge is 0.233 e. The summed E-state index contributed by atoms with van der Waals surface area (Å²) < 4.78 is 5.75. The highest BCUT2D eigenvalue weighted by molar-refractivity contribution is 5.76. The first-order valence-electron chi connectivity index (χ1n) is 7.57. The fourth-order valence-electron chi connectivity index (χ4n) is 2.63. The van der Waals surface area contributed by atoms with Crippen molar-refractivity contribution in [3.05, 3.63) is 54.2 Å². The molecule has 1 aromatic carbocycles. The molecule has 1 aliphatic rings. The predicted octanol–water partition coefficient (Wildman–Crippen LogP) is 2.09. The molecule has 0 N–H and O–H groups in total. The van der Waals surface area contributed by atoms with E-state index in [1.54, 1.807) is 18.3 Å². The molecule has 2 aromatic rings. The van der Waals surface area contributed by atoms with Crippen LogP contribution in [0.3, 0.4) is 0 Å². The standard InChI is InChI=1S/C17H19N3O2/c21-17(9-8-14-5-2-1-3-6-14)20-12-10-15(13-20)22-16-7-4-11-18-19-16/h1-7,11,15H,8-10,12-13H2. The first kappa shape index (κ1) is 14.5. The highest BCUT2D eigenvalue weighted by atomic mass is 16.5. The number of aryl methyl sites for hydroxylation is 1. The number of rotatable bonds is 5. The van der Waals surface area contributed by atoms with E-state index in [0.717, 1.165) is 19.4 Å². The Morgan fingerprint density at radius 1 is 1.23 bits per heavy atom. The molecule has 1 atom stereocenters. The second-order valence-corrected chi connectivity index (χ2v) is 5.42. The summed E-state index contributed by atoms with van der Waals surface area (Å²) in [5.41, 5.74) is 1.20. The third-order valence-corrected chi connectivity index (χ3v) is 3.80. The number of amides is 1. The molecule has 1 amide bonds. The molecule has 1 aliphatic heterocycles. The van der Waals surface area contributed by atoms with Gasteiger partial charge in [-0.3, -0.25) is 4.79 Å². The number of hydrogen-bond acceptors (Lipinski definition) is 4. The number of carbonyl (C=O) groups excluding carboxylic acids is 1. The molecule has 1 saturated heterocycles. The van der Waals surface area contributed by atoms with Gasteiger partial charge in [-0.2, -0.15) is 5.10 Å². The van der Waals surface area contributed by atoms with Gasteiger partial charge >= 0.3 is 0 Å². The Balaban J connectivity index is 1.46. The number of hydrogen-bond donors (Lipinski definition) is 0. The van der Waals surface area contributed by atoms with E-state index in [1.807, 2.05) is 23.1 Å². The minimum atomic E-state index is 0.0115. The van der Waals surface area contributed by atoms with Gasteiger partial charge in [0.1, 0.15) is 6.10 Å². The monoisotopic (exact) mass is 297 g/mol. The van der Waals surface area contributed by atoms with Crippen molar-refractivity contribution in [2.75, 3.05) is 13.1 Å². The van der Waals surface area contributed by atoms with E-state index >= 15 is 0 Å². The van der Waals surface area contributed by atoms with Crippen LogP contribution in [0.4, 0.5) is 0 Å². The number of aromatic nitrogens is 2.